The molecule has 4 rings (SSSR count). The number of aliphatic imine (C=N–C) groups is 1. The SMILES string of the molecule is COc1ccc2c(c1)C(c1ccncc1)=NNC(c1ccco1)=N2. The number of rotatable bonds is 3. The van der Waals surface area contributed by atoms with E-state index in [1.807, 2.05) is 42.5 Å². The van der Waals surface area contributed by atoms with E-state index < -0.39 is 0 Å². The van der Waals surface area contributed by atoms with Gasteiger partial charge >= 0.3 is 0 Å². The van der Waals surface area contributed by atoms with Gasteiger partial charge in [0.25, 0.3) is 0 Å². The molecule has 24 heavy (non-hydrogen) atoms. The van der Waals surface area contributed by atoms with Gasteiger partial charge in [-0.25, -0.2) is 4.99 Å². The summed E-state index contributed by atoms with van der Waals surface area (Å²) < 4.78 is 10.8. The van der Waals surface area contributed by atoms with Crippen LogP contribution in [0.5, 0.6) is 5.75 Å². The Labute approximate surface area is 138 Å². The molecule has 1 aromatic carbocycles. The molecule has 0 saturated carbocycles. The number of hydrogen-bond acceptors (Lipinski definition) is 6. The number of aromatic nitrogens is 1. The summed E-state index contributed by atoms with van der Waals surface area (Å²) >= 11 is 0. The third kappa shape index (κ3) is 2.54. The maximum absolute atomic E-state index is 5.43. The number of nitrogens with one attached hydrogen (secondary N) is 1. The van der Waals surface area contributed by atoms with Gasteiger partial charge in [-0.3, -0.25) is 10.4 Å². The van der Waals surface area contributed by atoms with Gasteiger partial charge in [0.2, 0.25) is 0 Å². The summed E-state index contributed by atoms with van der Waals surface area (Å²) in [6, 6.07) is 13.2. The van der Waals surface area contributed by atoms with Crippen LogP contribution in [0.1, 0.15) is 16.9 Å². The Bertz CT molecular complexity index is 915. The number of benzene rings is 1. The van der Waals surface area contributed by atoms with Crippen molar-refractivity contribution >= 4 is 17.2 Å². The second-order valence-corrected chi connectivity index (χ2v) is 5.13. The molecule has 3 heterocycles. The van der Waals surface area contributed by atoms with E-state index in [2.05, 4.69) is 20.5 Å². The number of amidine groups is 1. The van der Waals surface area contributed by atoms with Crippen molar-refractivity contribution in [2.45, 2.75) is 0 Å². The molecule has 0 unspecified atom stereocenters. The lowest BCUT2D eigenvalue weighted by atomic mass is 10.0. The topological polar surface area (TPSA) is 72.0 Å². The highest BCUT2D eigenvalue weighted by molar-refractivity contribution is 6.17. The molecular weight excluding hydrogens is 304 g/mol. The quantitative estimate of drug-likeness (QED) is 0.805. The van der Waals surface area contributed by atoms with Crippen molar-refractivity contribution in [1.29, 1.82) is 0 Å². The number of ether oxygens (including phenoxy) is 1. The van der Waals surface area contributed by atoms with Gasteiger partial charge in [0.05, 0.1) is 19.1 Å². The highest BCUT2D eigenvalue weighted by atomic mass is 16.5. The predicted molar refractivity (Wildman–Crippen MR) is 90.9 cm³/mol. The molecule has 1 aliphatic heterocycles. The lowest BCUT2D eigenvalue weighted by molar-refractivity contribution is 0.415. The van der Waals surface area contributed by atoms with Gasteiger partial charge in [0, 0.05) is 23.5 Å². The minimum Gasteiger partial charge on any atom is -0.497 e. The van der Waals surface area contributed by atoms with E-state index in [1.54, 1.807) is 25.8 Å². The Morgan fingerprint density at radius 3 is 2.71 bits per heavy atom. The molecule has 118 valence electrons. The van der Waals surface area contributed by atoms with Crippen molar-refractivity contribution in [1.82, 2.24) is 10.4 Å². The molecule has 6 heteroatoms. The summed E-state index contributed by atoms with van der Waals surface area (Å²) in [6.45, 7) is 0. The molecule has 0 spiro atoms. The minimum absolute atomic E-state index is 0.551. The van der Waals surface area contributed by atoms with E-state index in [9.17, 15) is 0 Å². The molecule has 1 aliphatic rings. The van der Waals surface area contributed by atoms with Crippen LogP contribution in [0.25, 0.3) is 0 Å². The number of nitrogens with zero attached hydrogens (tertiary/aromatic N) is 3. The van der Waals surface area contributed by atoms with Gasteiger partial charge in [0.1, 0.15) is 11.5 Å². The van der Waals surface area contributed by atoms with Gasteiger partial charge in [-0.1, -0.05) is 0 Å². The number of hydrazone groups is 1. The molecular formula is C18H14N4O2. The van der Waals surface area contributed by atoms with Crippen LogP contribution in [-0.4, -0.2) is 23.6 Å². The number of methoxy groups -OCH3 is 1. The molecule has 0 atom stereocenters. The first kappa shape index (κ1) is 14.2. The molecule has 3 aromatic rings. The smallest absolute Gasteiger partial charge is 0.190 e. The zero-order valence-electron chi connectivity index (χ0n) is 12.9. The van der Waals surface area contributed by atoms with Crippen LogP contribution in [-0.2, 0) is 0 Å². The summed E-state index contributed by atoms with van der Waals surface area (Å²) in [5, 5.41) is 4.54. The van der Waals surface area contributed by atoms with Crippen LogP contribution in [0.2, 0.25) is 0 Å². The van der Waals surface area contributed by atoms with E-state index in [1.165, 1.54) is 0 Å². The van der Waals surface area contributed by atoms with Crippen molar-refractivity contribution in [3.05, 3.63) is 78.0 Å². The Morgan fingerprint density at radius 1 is 1.08 bits per heavy atom. The third-order valence-electron chi connectivity index (χ3n) is 3.67. The van der Waals surface area contributed by atoms with Crippen molar-refractivity contribution in [2.24, 2.45) is 10.1 Å². The number of pyridine rings is 1. The van der Waals surface area contributed by atoms with Crippen LogP contribution >= 0.6 is 0 Å². The van der Waals surface area contributed by atoms with E-state index in [0.717, 1.165) is 28.3 Å². The van der Waals surface area contributed by atoms with Crippen LogP contribution < -0.4 is 10.2 Å². The molecule has 0 aliphatic carbocycles. The van der Waals surface area contributed by atoms with Gasteiger partial charge in [-0.05, 0) is 42.5 Å². The van der Waals surface area contributed by atoms with Gasteiger partial charge in [0.15, 0.2) is 11.6 Å². The second kappa shape index (κ2) is 6.00. The molecule has 0 saturated heterocycles. The van der Waals surface area contributed by atoms with Gasteiger partial charge < -0.3 is 9.15 Å². The Hall–Kier alpha value is -3.41. The minimum atomic E-state index is 0.551. The fraction of sp³-hybridized carbons (Fsp3) is 0.0556. The van der Waals surface area contributed by atoms with Crippen molar-refractivity contribution in [3.63, 3.8) is 0 Å². The average molecular weight is 318 g/mol. The maximum atomic E-state index is 5.43. The summed E-state index contributed by atoms with van der Waals surface area (Å²) in [5.41, 5.74) is 6.34. The Balaban J connectivity index is 1.89. The largest absolute Gasteiger partial charge is 0.497 e. The number of fused-ring (bicyclic) bond motifs is 1. The first-order valence-corrected chi connectivity index (χ1v) is 7.40. The summed E-state index contributed by atoms with van der Waals surface area (Å²) in [5.74, 6) is 1.92. The van der Waals surface area contributed by atoms with Crippen LogP contribution in [0.15, 0.2) is 75.6 Å². The Kier molecular flexibility index (Phi) is 3.55. The van der Waals surface area contributed by atoms with E-state index in [-0.39, 0.29) is 0 Å². The van der Waals surface area contributed by atoms with Crippen molar-refractivity contribution in [2.75, 3.05) is 7.11 Å². The Morgan fingerprint density at radius 2 is 1.96 bits per heavy atom. The third-order valence-corrected chi connectivity index (χ3v) is 3.67. The van der Waals surface area contributed by atoms with Crippen LogP contribution in [0.4, 0.5) is 5.69 Å². The monoisotopic (exact) mass is 318 g/mol. The van der Waals surface area contributed by atoms with Gasteiger partial charge in [-0.15, -0.1) is 0 Å². The van der Waals surface area contributed by atoms with E-state index in [0.29, 0.717) is 11.6 Å². The molecule has 1 N–H and O–H groups in total. The van der Waals surface area contributed by atoms with E-state index in [4.69, 9.17) is 9.15 Å². The standard InChI is InChI=1S/C18H14N4O2/c1-23-13-4-5-15-14(11-13)17(12-6-8-19-9-7-12)21-22-18(20-15)16-3-2-10-24-16/h2-11H,1H3,(H,20,22). The molecule has 2 aromatic heterocycles. The number of hydrogen-bond donors (Lipinski definition) is 1. The molecule has 0 bridgehead atoms. The highest BCUT2D eigenvalue weighted by Crippen LogP contribution is 2.29. The number of furan rings is 1. The lowest BCUT2D eigenvalue weighted by Gasteiger charge is -2.09. The molecule has 0 radical (unpaired) electrons. The zero-order chi connectivity index (χ0) is 16.4. The fourth-order valence-corrected chi connectivity index (χ4v) is 2.50. The average Bonchev–Trinajstić information content (AvgIpc) is 3.10. The summed E-state index contributed by atoms with van der Waals surface area (Å²) in [4.78, 5) is 8.72. The normalized spacial score (nSPS) is 13.2. The predicted octanol–water partition coefficient (Wildman–Crippen LogP) is 3.12. The van der Waals surface area contributed by atoms with Crippen LogP contribution in [0.3, 0.4) is 0 Å². The van der Waals surface area contributed by atoms with Crippen molar-refractivity contribution in [3.8, 4) is 5.75 Å². The first-order valence-electron chi connectivity index (χ1n) is 7.40. The molecule has 0 fully saturated rings. The van der Waals surface area contributed by atoms with Gasteiger partial charge in [-0.2, -0.15) is 5.10 Å². The molecule has 6 nitrogen and oxygen atoms in total. The highest BCUT2D eigenvalue weighted by Gasteiger charge is 2.18. The molecule has 0 amide bonds. The fourth-order valence-electron chi connectivity index (χ4n) is 2.50. The maximum Gasteiger partial charge on any atom is 0.190 e. The van der Waals surface area contributed by atoms with Crippen LogP contribution in [0, 0.1) is 0 Å². The van der Waals surface area contributed by atoms with Crippen molar-refractivity contribution < 1.29 is 9.15 Å². The second-order valence-electron chi connectivity index (χ2n) is 5.13. The zero-order valence-corrected chi connectivity index (χ0v) is 12.9. The first-order chi connectivity index (χ1) is 11.8. The summed E-state index contributed by atoms with van der Waals surface area (Å²) in [7, 11) is 1.64. The lowest BCUT2D eigenvalue weighted by Crippen LogP contribution is -2.19. The van der Waals surface area contributed by atoms with E-state index >= 15 is 0 Å². The summed E-state index contributed by atoms with van der Waals surface area (Å²) in [6.07, 6.45) is 5.07.